The zero-order valence-corrected chi connectivity index (χ0v) is 21.1. The van der Waals surface area contributed by atoms with Crippen molar-refractivity contribution in [3.63, 3.8) is 0 Å². The molecule has 2 fully saturated rings. The number of amides is 2. The SMILES string of the molecule is O=C(CN1Cc2ccc(-c3nc(NC4CCOCC4)ncc3Cl)cc2C1=O)NC1(c2ccccc2)CC1. The Labute approximate surface area is 220 Å². The average molecular weight is 518 g/mol. The van der Waals surface area contributed by atoms with Crippen LogP contribution in [-0.2, 0) is 21.6 Å². The number of hydrogen-bond donors (Lipinski definition) is 2. The normalized spacial score (nSPS) is 18.4. The number of carbonyl (C=O) groups is 2. The smallest absolute Gasteiger partial charge is 0.254 e. The van der Waals surface area contributed by atoms with E-state index in [0.717, 1.165) is 42.4 Å². The minimum atomic E-state index is -0.304. The number of anilines is 1. The van der Waals surface area contributed by atoms with E-state index in [9.17, 15) is 9.59 Å². The van der Waals surface area contributed by atoms with Gasteiger partial charge in [0.2, 0.25) is 11.9 Å². The van der Waals surface area contributed by atoms with Gasteiger partial charge in [0.15, 0.2) is 0 Å². The van der Waals surface area contributed by atoms with Gasteiger partial charge in [-0.25, -0.2) is 9.97 Å². The Hall–Kier alpha value is -3.49. The molecule has 0 spiro atoms. The quantitative estimate of drug-likeness (QED) is 0.489. The standard InChI is InChI=1S/C28H28ClN5O3/c29-23-15-30-27(31-21-8-12-37-13-9-21)32-25(23)18-6-7-19-16-34(26(36)22(19)14-18)17-24(35)33-28(10-11-28)20-4-2-1-3-5-20/h1-7,14-15,21H,8-13,16-17H2,(H,33,35)(H,30,31,32). The largest absolute Gasteiger partial charge is 0.381 e. The highest BCUT2D eigenvalue weighted by atomic mass is 35.5. The summed E-state index contributed by atoms with van der Waals surface area (Å²) in [5.74, 6) is 0.191. The highest BCUT2D eigenvalue weighted by Crippen LogP contribution is 2.45. The van der Waals surface area contributed by atoms with E-state index in [1.165, 1.54) is 0 Å². The monoisotopic (exact) mass is 517 g/mol. The molecule has 8 nitrogen and oxygen atoms in total. The Balaban J connectivity index is 1.15. The van der Waals surface area contributed by atoms with Crippen LogP contribution in [0.1, 0.15) is 47.2 Å². The van der Waals surface area contributed by atoms with Crippen molar-refractivity contribution in [2.45, 2.75) is 43.8 Å². The van der Waals surface area contributed by atoms with Crippen molar-refractivity contribution in [2.24, 2.45) is 0 Å². The molecule has 6 rings (SSSR count). The average Bonchev–Trinajstić information content (AvgIpc) is 3.64. The molecule has 190 valence electrons. The minimum absolute atomic E-state index is 0.0187. The first-order valence-corrected chi connectivity index (χ1v) is 13.0. The molecule has 1 saturated heterocycles. The van der Waals surface area contributed by atoms with Crippen LogP contribution in [0.5, 0.6) is 0 Å². The molecule has 1 aromatic heterocycles. The third-order valence-electron chi connectivity index (χ3n) is 7.35. The summed E-state index contributed by atoms with van der Waals surface area (Å²) in [6.45, 7) is 1.85. The molecule has 3 aliphatic rings. The van der Waals surface area contributed by atoms with Crippen molar-refractivity contribution >= 4 is 29.4 Å². The Morgan fingerprint density at radius 3 is 2.68 bits per heavy atom. The van der Waals surface area contributed by atoms with Crippen LogP contribution in [-0.4, -0.2) is 52.5 Å². The number of nitrogens with one attached hydrogen (secondary N) is 2. The van der Waals surface area contributed by atoms with Crippen molar-refractivity contribution in [2.75, 3.05) is 25.1 Å². The summed E-state index contributed by atoms with van der Waals surface area (Å²) in [6.07, 6.45) is 5.18. The molecule has 2 aromatic carbocycles. The second-order valence-electron chi connectivity index (χ2n) is 9.95. The molecule has 3 heterocycles. The fourth-order valence-corrected chi connectivity index (χ4v) is 5.35. The highest BCUT2D eigenvalue weighted by Gasteiger charge is 2.45. The molecule has 2 aliphatic heterocycles. The number of benzene rings is 2. The zero-order valence-electron chi connectivity index (χ0n) is 20.4. The molecule has 1 saturated carbocycles. The van der Waals surface area contributed by atoms with Crippen molar-refractivity contribution in [1.29, 1.82) is 0 Å². The molecule has 0 bridgehead atoms. The van der Waals surface area contributed by atoms with Crippen LogP contribution in [0.2, 0.25) is 5.02 Å². The highest BCUT2D eigenvalue weighted by molar-refractivity contribution is 6.33. The van der Waals surface area contributed by atoms with E-state index in [1.807, 2.05) is 48.5 Å². The van der Waals surface area contributed by atoms with Crippen molar-refractivity contribution in [3.8, 4) is 11.3 Å². The lowest BCUT2D eigenvalue weighted by atomic mass is 10.0. The lowest BCUT2D eigenvalue weighted by molar-refractivity contribution is -0.122. The lowest BCUT2D eigenvalue weighted by Gasteiger charge is -2.23. The zero-order chi connectivity index (χ0) is 25.4. The van der Waals surface area contributed by atoms with Crippen LogP contribution in [0.15, 0.2) is 54.7 Å². The van der Waals surface area contributed by atoms with Gasteiger partial charge in [-0.2, -0.15) is 0 Å². The summed E-state index contributed by atoms with van der Waals surface area (Å²) in [6, 6.07) is 15.9. The topological polar surface area (TPSA) is 96.5 Å². The molecule has 0 unspecified atom stereocenters. The Kier molecular flexibility index (Phi) is 6.30. The van der Waals surface area contributed by atoms with Crippen molar-refractivity contribution in [1.82, 2.24) is 20.2 Å². The summed E-state index contributed by atoms with van der Waals surface area (Å²) in [5, 5.41) is 6.93. The van der Waals surface area contributed by atoms with Crippen LogP contribution < -0.4 is 10.6 Å². The third kappa shape index (κ3) is 4.91. The Morgan fingerprint density at radius 1 is 1.14 bits per heavy atom. The number of fused-ring (bicyclic) bond motifs is 1. The van der Waals surface area contributed by atoms with Gasteiger partial charge in [-0.15, -0.1) is 0 Å². The summed E-state index contributed by atoms with van der Waals surface area (Å²) in [7, 11) is 0. The molecule has 2 amide bonds. The minimum Gasteiger partial charge on any atom is -0.381 e. The van der Waals surface area contributed by atoms with Crippen molar-refractivity contribution in [3.05, 3.63) is 76.4 Å². The first kappa shape index (κ1) is 23.9. The maximum Gasteiger partial charge on any atom is 0.254 e. The molecule has 0 atom stereocenters. The number of carbonyl (C=O) groups excluding carboxylic acids is 2. The van der Waals surface area contributed by atoms with Gasteiger partial charge in [0.05, 0.1) is 22.5 Å². The predicted octanol–water partition coefficient (Wildman–Crippen LogP) is 4.15. The van der Waals surface area contributed by atoms with Gasteiger partial charge in [0, 0.05) is 36.9 Å². The molecule has 9 heteroatoms. The predicted molar refractivity (Wildman–Crippen MR) is 140 cm³/mol. The van der Waals surface area contributed by atoms with Crippen molar-refractivity contribution < 1.29 is 14.3 Å². The van der Waals surface area contributed by atoms with Gasteiger partial charge in [0.1, 0.15) is 6.54 Å². The fraction of sp³-hybridized carbons (Fsp3) is 0.357. The van der Waals surface area contributed by atoms with E-state index in [4.69, 9.17) is 16.3 Å². The van der Waals surface area contributed by atoms with Gasteiger partial charge in [-0.1, -0.05) is 54.1 Å². The lowest BCUT2D eigenvalue weighted by Crippen LogP contribution is -2.42. The van der Waals surface area contributed by atoms with Gasteiger partial charge < -0.3 is 20.3 Å². The van der Waals surface area contributed by atoms with Crippen LogP contribution >= 0.6 is 11.6 Å². The number of halogens is 1. The molecular formula is C28H28ClN5O3. The second kappa shape index (κ2) is 9.76. The Bertz CT molecular complexity index is 1340. The third-order valence-corrected chi connectivity index (χ3v) is 7.63. The van der Waals surface area contributed by atoms with E-state index in [-0.39, 0.29) is 29.9 Å². The van der Waals surface area contributed by atoms with Crippen LogP contribution in [0.4, 0.5) is 5.95 Å². The molecule has 2 N–H and O–H groups in total. The van der Waals surface area contributed by atoms with Gasteiger partial charge in [-0.3, -0.25) is 9.59 Å². The number of nitrogens with zero attached hydrogens (tertiary/aromatic N) is 3. The first-order chi connectivity index (χ1) is 18.0. The first-order valence-electron chi connectivity index (χ1n) is 12.7. The summed E-state index contributed by atoms with van der Waals surface area (Å²) in [5.41, 5.74) is 3.57. The number of aromatic nitrogens is 2. The van der Waals surface area contributed by atoms with E-state index in [2.05, 4.69) is 20.6 Å². The van der Waals surface area contributed by atoms with Gasteiger partial charge in [-0.05, 0) is 42.9 Å². The van der Waals surface area contributed by atoms with E-state index in [1.54, 1.807) is 11.1 Å². The van der Waals surface area contributed by atoms with E-state index >= 15 is 0 Å². The maximum absolute atomic E-state index is 13.2. The summed E-state index contributed by atoms with van der Waals surface area (Å²) in [4.78, 5) is 36.7. The number of rotatable bonds is 7. The van der Waals surface area contributed by atoms with Crippen LogP contribution in [0.25, 0.3) is 11.3 Å². The van der Waals surface area contributed by atoms with E-state index < -0.39 is 0 Å². The fourth-order valence-electron chi connectivity index (χ4n) is 5.15. The second-order valence-corrected chi connectivity index (χ2v) is 10.4. The van der Waals surface area contributed by atoms with Crippen LogP contribution in [0, 0.1) is 0 Å². The van der Waals surface area contributed by atoms with Crippen LogP contribution in [0.3, 0.4) is 0 Å². The molecule has 3 aromatic rings. The van der Waals surface area contributed by atoms with Gasteiger partial charge >= 0.3 is 0 Å². The number of ether oxygens (including phenoxy) is 1. The molecule has 37 heavy (non-hydrogen) atoms. The molecular weight excluding hydrogens is 490 g/mol. The van der Waals surface area contributed by atoms with Gasteiger partial charge in [0.25, 0.3) is 5.91 Å². The summed E-state index contributed by atoms with van der Waals surface area (Å²) < 4.78 is 5.42. The van der Waals surface area contributed by atoms with E-state index in [0.29, 0.717) is 42.0 Å². The number of hydrogen-bond acceptors (Lipinski definition) is 6. The molecule has 0 radical (unpaired) electrons. The summed E-state index contributed by atoms with van der Waals surface area (Å²) >= 11 is 6.46. The maximum atomic E-state index is 13.2. The Morgan fingerprint density at radius 2 is 1.92 bits per heavy atom. The molecule has 1 aliphatic carbocycles.